The van der Waals surface area contributed by atoms with Gasteiger partial charge in [-0.05, 0) is 158 Å². The first-order valence-corrected chi connectivity index (χ1v) is 28.2. The molecule has 0 aliphatic heterocycles. The van der Waals surface area contributed by atoms with E-state index in [0.717, 1.165) is 17.1 Å². The summed E-state index contributed by atoms with van der Waals surface area (Å²) in [5.74, 6) is 0. The summed E-state index contributed by atoms with van der Waals surface area (Å²) in [4.78, 5) is 2.57. The van der Waals surface area contributed by atoms with Crippen molar-refractivity contribution in [3.8, 4) is 33.4 Å². The maximum absolute atomic E-state index is 2.57. The molecule has 1 unspecified atom stereocenters. The van der Waals surface area contributed by atoms with Gasteiger partial charge in [0.2, 0.25) is 0 Å². The van der Waals surface area contributed by atoms with Crippen molar-refractivity contribution >= 4 is 17.1 Å². The molecular formula is C77H71N. The summed E-state index contributed by atoms with van der Waals surface area (Å²) in [6.07, 6.45) is 0. The third-order valence-corrected chi connectivity index (χ3v) is 18.2. The lowest BCUT2D eigenvalue weighted by Gasteiger charge is -2.36. The van der Waals surface area contributed by atoms with Crippen LogP contribution >= 0.6 is 0 Å². The second-order valence-electron chi connectivity index (χ2n) is 26.1. The molecule has 0 amide bonds. The van der Waals surface area contributed by atoms with Crippen LogP contribution in [0.3, 0.4) is 0 Å². The summed E-state index contributed by atoms with van der Waals surface area (Å²) in [7, 11) is 0. The van der Waals surface area contributed by atoms with Crippen molar-refractivity contribution in [3.05, 3.63) is 303 Å². The molecule has 10 aromatic rings. The molecule has 1 heteroatoms. The SMILES string of the molecule is CC(C)(C)c1ccc(C2(c3ccccc3)c3ccccc3-c3ccc(N(c4ccc5c(c4)C(C)(C)c4ccccc4-5)c4ccc5c(c4)C(c4ccc(C(C)(C)C)cc4)(c4ccc(C(C)(C)C)cc4)c4ccccc4-5)cc32)cc1. The maximum Gasteiger partial charge on any atom is 0.0714 e. The zero-order valence-electron chi connectivity index (χ0n) is 47.4. The van der Waals surface area contributed by atoms with Crippen molar-refractivity contribution in [1.29, 1.82) is 0 Å². The summed E-state index contributed by atoms with van der Waals surface area (Å²) in [6, 6.07) is 89.3. The first-order valence-electron chi connectivity index (χ1n) is 28.2. The van der Waals surface area contributed by atoms with Gasteiger partial charge in [0, 0.05) is 22.5 Å². The monoisotopic (exact) mass is 1010 g/mol. The van der Waals surface area contributed by atoms with Gasteiger partial charge in [0.15, 0.2) is 0 Å². The highest BCUT2D eigenvalue weighted by atomic mass is 15.1. The van der Waals surface area contributed by atoms with Crippen molar-refractivity contribution in [3.63, 3.8) is 0 Å². The molecule has 0 heterocycles. The smallest absolute Gasteiger partial charge is 0.0714 e. The second kappa shape index (κ2) is 17.5. The maximum atomic E-state index is 2.57. The number of benzene rings is 10. The lowest BCUT2D eigenvalue weighted by atomic mass is 9.66. The Bertz CT molecular complexity index is 3900. The topological polar surface area (TPSA) is 3.24 Å². The van der Waals surface area contributed by atoms with E-state index in [9.17, 15) is 0 Å². The quantitative estimate of drug-likeness (QED) is 0.154. The van der Waals surface area contributed by atoms with Gasteiger partial charge in [-0.1, -0.05) is 270 Å². The zero-order valence-corrected chi connectivity index (χ0v) is 47.4. The van der Waals surface area contributed by atoms with Crippen molar-refractivity contribution in [2.45, 2.75) is 109 Å². The summed E-state index contributed by atoms with van der Waals surface area (Å²) >= 11 is 0. The normalized spacial score (nSPS) is 16.4. The van der Waals surface area contributed by atoms with Crippen LogP contribution in [-0.2, 0) is 32.5 Å². The van der Waals surface area contributed by atoms with Crippen molar-refractivity contribution in [1.82, 2.24) is 0 Å². The molecule has 0 aromatic heterocycles. The highest BCUT2D eigenvalue weighted by Gasteiger charge is 2.49. The van der Waals surface area contributed by atoms with Crippen LogP contribution in [-0.4, -0.2) is 0 Å². The van der Waals surface area contributed by atoms with Crippen LogP contribution in [0.1, 0.15) is 148 Å². The van der Waals surface area contributed by atoms with E-state index in [1.54, 1.807) is 0 Å². The Morgan fingerprint density at radius 3 is 0.910 bits per heavy atom. The van der Waals surface area contributed by atoms with Gasteiger partial charge < -0.3 is 4.90 Å². The van der Waals surface area contributed by atoms with Crippen LogP contribution in [0, 0.1) is 0 Å². The van der Waals surface area contributed by atoms with Crippen LogP contribution in [0.25, 0.3) is 33.4 Å². The van der Waals surface area contributed by atoms with Gasteiger partial charge in [-0.15, -0.1) is 0 Å². The molecule has 1 atom stereocenters. The molecule has 384 valence electrons. The van der Waals surface area contributed by atoms with Crippen LogP contribution in [0.4, 0.5) is 17.1 Å². The Morgan fingerprint density at radius 2 is 0.538 bits per heavy atom. The number of hydrogen-bond acceptors (Lipinski definition) is 1. The number of anilines is 3. The van der Waals surface area contributed by atoms with E-state index < -0.39 is 10.8 Å². The van der Waals surface area contributed by atoms with Gasteiger partial charge in [0.1, 0.15) is 0 Å². The first kappa shape index (κ1) is 49.6. The minimum atomic E-state index is -0.608. The molecule has 0 saturated heterocycles. The lowest BCUT2D eigenvalue weighted by Crippen LogP contribution is -2.29. The number of rotatable bonds is 7. The summed E-state index contributed by atoms with van der Waals surface area (Å²) < 4.78 is 0. The Morgan fingerprint density at radius 1 is 0.256 bits per heavy atom. The van der Waals surface area contributed by atoms with Gasteiger partial charge in [-0.3, -0.25) is 0 Å². The number of nitrogens with zero attached hydrogens (tertiary/aromatic N) is 1. The molecule has 13 rings (SSSR count). The van der Waals surface area contributed by atoms with E-state index in [-0.39, 0.29) is 21.7 Å². The Hall–Kier alpha value is -8.00. The highest BCUT2D eigenvalue weighted by Crippen LogP contribution is 2.60. The van der Waals surface area contributed by atoms with Crippen LogP contribution in [0.15, 0.2) is 231 Å². The van der Waals surface area contributed by atoms with Crippen LogP contribution < -0.4 is 4.90 Å². The predicted molar refractivity (Wildman–Crippen MR) is 329 cm³/mol. The summed E-state index contributed by atoms with van der Waals surface area (Å²) in [5, 5.41) is 0. The summed E-state index contributed by atoms with van der Waals surface area (Å²) in [5.41, 5.74) is 26.7. The number of hydrogen-bond donors (Lipinski definition) is 0. The second-order valence-corrected chi connectivity index (χ2v) is 26.1. The van der Waals surface area contributed by atoms with Gasteiger partial charge in [-0.25, -0.2) is 0 Å². The molecule has 0 N–H and O–H groups in total. The van der Waals surface area contributed by atoms with Gasteiger partial charge in [0.05, 0.1) is 10.8 Å². The van der Waals surface area contributed by atoms with Gasteiger partial charge in [-0.2, -0.15) is 0 Å². The fourth-order valence-corrected chi connectivity index (χ4v) is 14.0. The van der Waals surface area contributed by atoms with Gasteiger partial charge >= 0.3 is 0 Å². The Balaban J connectivity index is 1.10. The van der Waals surface area contributed by atoms with E-state index in [1.807, 2.05) is 0 Å². The van der Waals surface area contributed by atoms with Gasteiger partial charge in [0.25, 0.3) is 0 Å². The largest absolute Gasteiger partial charge is 0.310 e. The molecule has 0 bridgehead atoms. The standard InChI is InChI=1S/C77H71N/c1-72(2,3)50-29-35-54(36-30-50)76(53-21-13-12-14-22-53)67-27-19-16-24-61(67)64-45-42-58(48-70(64)76)78(57-41-44-63-60-23-15-18-26-66(60)75(10,11)69(63)47-57)59-43-46-65-62-25-17-20-28-68(62)77(71(65)49-59,55-37-31-51(32-38-55)73(4,5)6)56-39-33-52(34-40-56)74(7,8)9/h12-49H,1-11H3. The van der Waals surface area contributed by atoms with E-state index in [1.165, 1.54) is 106 Å². The molecule has 0 saturated carbocycles. The third kappa shape index (κ3) is 7.33. The lowest BCUT2D eigenvalue weighted by molar-refractivity contribution is 0.588. The molecule has 10 aromatic carbocycles. The van der Waals surface area contributed by atoms with Crippen molar-refractivity contribution in [2.75, 3.05) is 4.90 Å². The minimum Gasteiger partial charge on any atom is -0.310 e. The highest BCUT2D eigenvalue weighted by molar-refractivity contribution is 5.93. The van der Waals surface area contributed by atoms with Crippen molar-refractivity contribution < 1.29 is 0 Å². The van der Waals surface area contributed by atoms with E-state index in [2.05, 4.69) is 312 Å². The Kier molecular flexibility index (Phi) is 11.1. The third-order valence-electron chi connectivity index (χ3n) is 18.2. The number of fused-ring (bicyclic) bond motifs is 9. The first-order chi connectivity index (χ1) is 37.3. The van der Waals surface area contributed by atoms with Crippen LogP contribution in [0.5, 0.6) is 0 Å². The molecule has 3 aliphatic rings. The molecular weight excluding hydrogens is 939 g/mol. The Labute approximate surface area is 464 Å². The van der Waals surface area contributed by atoms with Crippen LogP contribution in [0.2, 0.25) is 0 Å². The molecule has 0 fully saturated rings. The van der Waals surface area contributed by atoms with E-state index in [4.69, 9.17) is 0 Å². The molecule has 0 radical (unpaired) electrons. The van der Waals surface area contributed by atoms with E-state index >= 15 is 0 Å². The fourth-order valence-electron chi connectivity index (χ4n) is 14.0. The fraction of sp³-hybridized carbons (Fsp3) is 0.221. The van der Waals surface area contributed by atoms with E-state index in [0.29, 0.717) is 0 Å². The predicted octanol–water partition coefficient (Wildman–Crippen LogP) is 20.1. The average Bonchev–Trinajstić information content (AvgIpc) is 4.02. The average molecular weight is 1010 g/mol. The van der Waals surface area contributed by atoms with Crippen molar-refractivity contribution in [2.24, 2.45) is 0 Å². The summed E-state index contributed by atoms with van der Waals surface area (Å²) in [6.45, 7) is 25.6. The molecule has 3 aliphatic carbocycles. The molecule has 78 heavy (non-hydrogen) atoms. The minimum absolute atomic E-state index is 0.0101. The zero-order chi connectivity index (χ0) is 54.1. The molecule has 1 nitrogen and oxygen atoms in total. The molecule has 0 spiro atoms.